The van der Waals surface area contributed by atoms with Crippen molar-refractivity contribution in [2.45, 2.75) is 45.3 Å². The highest BCUT2D eigenvalue weighted by Crippen LogP contribution is 2.20. The molecule has 4 aromatic rings. The number of hydrogen-bond acceptors (Lipinski definition) is 3. The van der Waals surface area contributed by atoms with Gasteiger partial charge in [0, 0.05) is 31.3 Å². The fourth-order valence-electron chi connectivity index (χ4n) is 5.01. The number of aromatic nitrogens is 4. The van der Waals surface area contributed by atoms with E-state index in [1.165, 1.54) is 16.7 Å². The van der Waals surface area contributed by atoms with Gasteiger partial charge in [-0.1, -0.05) is 54.6 Å². The summed E-state index contributed by atoms with van der Waals surface area (Å²) in [6.07, 6.45) is 13.9. The summed E-state index contributed by atoms with van der Waals surface area (Å²) in [6, 6.07) is 19.4. The average Bonchev–Trinajstić information content (AvgIpc) is 3.57. The highest BCUT2D eigenvalue weighted by atomic mass is 16.1. The van der Waals surface area contributed by atoms with E-state index in [4.69, 9.17) is 0 Å². The Kier molecular flexibility index (Phi) is 7.72. The summed E-state index contributed by atoms with van der Waals surface area (Å²) in [6.45, 7) is 4.58. The number of likely N-dealkylation sites (tertiary alicyclic amines) is 1. The molecule has 0 unspecified atom stereocenters. The van der Waals surface area contributed by atoms with E-state index in [0.717, 1.165) is 58.4 Å². The van der Waals surface area contributed by atoms with E-state index in [9.17, 15) is 4.79 Å². The molecule has 1 fully saturated rings. The topological polar surface area (TPSA) is 46.9 Å². The monoisotopic (exact) mass is 482 g/mol. The number of carbonyl (C=O) groups is 1. The first-order valence-electron chi connectivity index (χ1n) is 13.0. The van der Waals surface area contributed by atoms with Crippen LogP contribution in [0.15, 0.2) is 85.7 Å². The van der Waals surface area contributed by atoms with Crippen LogP contribution in [0.1, 0.15) is 40.2 Å². The molecular formula is C30H36N5O+. The van der Waals surface area contributed by atoms with E-state index in [-0.39, 0.29) is 11.7 Å². The normalized spacial score (nSPS) is 14.8. The fourth-order valence-corrected chi connectivity index (χ4v) is 5.01. The second-order valence-corrected chi connectivity index (χ2v) is 10.0. The molecule has 5 rings (SSSR count). The van der Waals surface area contributed by atoms with Gasteiger partial charge in [-0.15, -0.1) is 0 Å². The zero-order chi connectivity index (χ0) is 24.7. The zero-order valence-corrected chi connectivity index (χ0v) is 21.2. The van der Waals surface area contributed by atoms with Gasteiger partial charge in [0.05, 0.1) is 6.54 Å². The second kappa shape index (κ2) is 11.5. The quantitative estimate of drug-likeness (QED) is 0.253. The van der Waals surface area contributed by atoms with Gasteiger partial charge in [0.25, 0.3) is 0 Å². The second-order valence-electron chi connectivity index (χ2n) is 10.0. The number of ketones is 1. The lowest BCUT2D eigenvalue weighted by Crippen LogP contribution is -2.34. The number of carbonyl (C=O) groups excluding carboxylic acids is 1. The summed E-state index contributed by atoms with van der Waals surface area (Å²) in [4.78, 5) is 19.7. The zero-order valence-electron chi connectivity index (χ0n) is 21.2. The van der Waals surface area contributed by atoms with Crippen LogP contribution in [0.25, 0.3) is 0 Å². The lowest BCUT2D eigenvalue weighted by molar-refractivity contribution is -0.687. The van der Waals surface area contributed by atoms with Crippen molar-refractivity contribution >= 4 is 5.78 Å². The van der Waals surface area contributed by atoms with Crippen LogP contribution in [-0.2, 0) is 32.5 Å². The molecule has 0 aliphatic carbocycles. The Labute approximate surface area is 213 Å². The molecule has 0 spiro atoms. The molecule has 3 heterocycles. The first kappa shape index (κ1) is 24.2. The molecule has 0 amide bonds. The minimum absolute atomic E-state index is 0.104. The Morgan fingerprint density at radius 3 is 2.39 bits per heavy atom. The van der Waals surface area contributed by atoms with Crippen LogP contribution in [0, 0.1) is 5.92 Å². The van der Waals surface area contributed by atoms with Crippen LogP contribution in [0.2, 0.25) is 0 Å². The van der Waals surface area contributed by atoms with Crippen molar-refractivity contribution in [1.29, 1.82) is 0 Å². The summed E-state index contributed by atoms with van der Waals surface area (Å²) >= 11 is 0. The average molecular weight is 483 g/mol. The number of nitrogens with zero attached hydrogens (tertiary/aromatic N) is 5. The largest absolute Gasteiger partial charge is 0.328 e. The minimum atomic E-state index is 0.104. The molecule has 6 nitrogen and oxygen atoms in total. The molecule has 2 aromatic heterocycles. The third kappa shape index (κ3) is 6.18. The third-order valence-corrected chi connectivity index (χ3v) is 7.30. The van der Waals surface area contributed by atoms with Crippen LogP contribution < -0.4 is 4.57 Å². The molecule has 1 aliphatic heterocycles. The maximum absolute atomic E-state index is 13.0. The van der Waals surface area contributed by atoms with E-state index in [1.807, 2.05) is 10.8 Å². The van der Waals surface area contributed by atoms with E-state index < -0.39 is 0 Å². The molecular weight excluding hydrogens is 446 g/mol. The van der Waals surface area contributed by atoms with Crippen LogP contribution >= 0.6 is 0 Å². The Morgan fingerprint density at radius 1 is 0.917 bits per heavy atom. The SMILES string of the molecule is CN1CCC(C(=O)c2nccn2CCc2ccc(C[n+]3ccn(CCc4ccccc4)c3)cc2)CC1. The van der Waals surface area contributed by atoms with Crippen molar-refractivity contribution in [3.05, 3.63) is 108 Å². The summed E-state index contributed by atoms with van der Waals surface area (Å²) in [5, 5.41) is 0. The van der Waals surface area contributed by atoms with Crippen LogP contribution in [0.5, 0.6) is 0 Å². The standard InChI is InChI=1S/C30H36N5O/c1-32-16-13-28(14-17-32)29(36)30-31-15-20-35(30)19-12-26-7-9-27(10-8-26)23-34-22-21-33(24-34)18-11-25-5-3-2-4-6-25/h2-10,15,20-22,24,28H,11-14,16-19,23H2,1H3/q+1. The number of Topliss-reactive ketones (excluding diaryl/α,β-unsaturated/α-hetero) is 1. The maximum atomic E-state index is 13.0. The van der Waals surface area contributed by atoms with Gasteiger partial charge < -0.3 is 9.47 Å². The molecule has 0 radical (unpaired) electrons. The molecule has 186 valence electrons. The molecule has 0 N–H and O–H groups in total. The van der Waals surface area contributed by atoms with Crippen molar-refractivity contribution < 1.29 is 9.36 Å². The number of rotatable bonds is 10. The van der Waals surface area contributed by atoms with Crippen molar-refractivity contribution in [3.8, 4) is 0 Å². The predicted molar refractivity (Wildman–Crippen MR) is 141 cm³/mol. The molecule has 2 aromatic carbocycles. The Hall–Kier alpha value is -3.51. The number of imidazole rings is 2. The summed E-state index contributed by atoms with van der Waals surface area (Å²) < 4.78 is 6.51. The fraction of sp³-hybridized carbons (Fsp3) is 0.367. The molecule has 1 saturated heterocycles. The molecule has 0 saturated carbocycles. The van der Waals surface area contributed by atoms with Gasteiger partial charge in [0.2, 0.25) is 12.1 Å². The van der Waals surface area contributed by atoms with E-state index in [2.05, 4.69) is 99.4 Å². The first-order valence-corrected chi connectivity index (χ1v) is 13.0. The van der Waals surface area contributed by atoms with E-state index in [1.54, 1.807) is 6.20 Å². The minimum Gasteiger partial charge on any atom is -0.328 e. The Balaban J connectivity index is 1.12. The summed E-state index contributed by atoms with van der Waals surface area (Å²) in [7, 11) is 2.12. The van der Waals surface area contributed by atoms with Gasteiger partial charge in [-0.25, -0.2) is 14.1 Å². The Morgan fingerprint density at radius 2 is 1.61 bits per heavy atom. The van der Waals surface area contributed by atoms with Crippen LogP contribution in [0.4, 0.5) is 0 Å². The molecule has 0 atom stereocenters. The lowest BCUT2D eigenvalue weighted by Gasteiger charge is -2.27. The van der Waals surface area contributed by atoms with Gasteiger partial charge in [-0.3, -0.25) is 4.79 Å². The molecule has 36 heavy (non-hydrogen) atoms. The highest BCUT2D eigenvalue weighted by Gasteiger charge is 2.27. The van der Waals surface area contributed by atoms with Crippen molar-refractivity contribution in [1.82, 2.24) is 19.0 Å². The maximum Gasteiger partial charge on any atom is 0.244 e. The van der Waals surface area contributed by atoms with Gasteiger partial charge >= 0.3 is 0 Å². The number of hydrogen-bond donors (Lipinski definition) is 0. The highest BCUT2D eigenvalue weighted by molar-refractivity contribution is 5.94. The summed E-state index contributed by atoms with van der Waals surface area (Å²) in [5.41, 5.74) is 3.92. The van der Waals surface area contributed by atoms with Gasteiger partial charge in [-0.2, -0.15) is 0 Å². The third-order valence-electron chi connectivity index (χ3n) is 7.30. The smallest absolute Gasteiger partial charge is 0.244 e. The number of piperidine rings is 1. The number of benzene rings is 2. The van der Waals surface area contributed by atoms with Crippen LogP contribution in [0.3, 0.4) is 0 Å². The van der Waals surface area contributed by atoms with Crippen LogP contribution in [-0.4, -0.2) is 44.9 Å². The van der Waals surface area contributed by atoms with E-state index >= 15 is 0 Å². The van der Waals surface area contributed by atoms with Gasteiger partial charge in [-0.05, 0) is 56.1 Å². The predicted octanol–water partition coefficient (Wildman–Crippen LogP) is 4.03. The number of aryl methyl sites for hydroxylation is 4. The first-order chi connectivity index (χ1) is 17.6. The molecule has 1 aliphatic rings. The lowest BCUT2D eigenvalue weighted by atomic mass is 9.92. The van der Waals surface area contributed by atoms with Gasteiger partial charge in [0.1, 0.15) is 18.9 Å². The molecule has 6 heteroatoms. The summed E-state index contributed by atoms with van der Waals surface area (Å²) in [5.74, 6) is 0.929. The Bertz CT molecular complexity index is 1250. The van der Waals surface area contributed by atoms with Crippen molar-refractivity contribution in [3.63, 3.8) is 0 Å². The van der Waals surface area contributed by atoms with Crippen molar-refractivity contribution in [2.24, 2.45) is 5.92 Å². The van der Waals surface area contributed by atoms with Gasteiger partial charge in [0.15, 0.2) is 5.82 Å². The molecule has 0 bridgehead atoms. The van der Waals surface area contributed by atoms with Crippen molar-refractivity contribution in [2.75, 3.05) is 20.1 Å². The van der Waals surface area contributed by atoms with E-state index in [0.29, 0.717) is 5.82 Å².